The lowest BCUT2D eigenvalue weighted by Gasteiger charge is -2.32. The molecular weight excluding hydrogens is 495 g/mol. The molecule has 0 radical (unpaired) electrons. The highest BCUT2D eigenvalue weighted by Crippen LogP contribution is 2.33. The molecule has 1 saturated carbocycles. The number of carboxylic acid groups (broad SMARTS) is 1. The molecule has 2 aromatic rings. The SMILES string of the molecule is O=C(Nc1ccc(CN(Cc2ccc(C(F)(F)F)cc2)CC2CC2)c(Cl)c1)[C@H]1CCCCN1C(=O)O. The van der Waals surface area contributed by atoms with Crippen LogP contribution in [0.1, 0.15) is 48.8 Å². The molecule has 6 nitrogen and oxygen atoms in total. The van der Waals surface area contributed by atoms with Crippen LogP contribution in [0.25, 0.3) is 0 Å². The third-order valence-corrected chi connectivity index (χ3v) is 7.02. The van der Waals surface area contributed by atoms with E-state index in [4.69, 9.17) is 11.6 Å². The zero-order chi connectivity index (χ0) is 25.9. The van der Waals surface area contributed by atoms with Gasteiger partial charge < -0.3 is 10.4 Å². The Kier molecular flexibility index (Phi) is 8.10. The maximum absolute atomic E-state index is 12.9. The van der Waals surface area contributed by atoms with Gasteiger partial charge in [0.05, 0.1) is 5.56 Å². The van der Waals surface area contributed by atoms with Crippen LogP contribution in [0.3, 0.4) is 0 Å². The first-order chi connectivity index (χ1) is 17.1. The Labute approximate surface area is 213 Å². The lowest BCUT2D eigenvalue weighted by Crippen LogP contribution is -2.49. The average molecular weight is 524 g/mol. The topological polar surface area (TPSA) is 72.9 Å². The van der Waals surface area contributed by atoms with Crippen molar-refractivity contribution in [3.8, 4) is 0 Å². The molecule has 2 aliphatic rings. The number of hydrogen-bond acceptors (Lipinski definition) is 3. The molecule has 4 rings (SSSR count). The first kappa shape index (κ1) is 26.3. The van der Waals surface area contributed by atoms with Gasteiger partial charge >= 0.3 is 12.3 Å². The summed E-state index contributed by atoms with van der Waals surface area (Å²) in [5.74, 6) is 0.197. The third kappa shape index (κ3) is 6.91. The van der Waals surface area contributed by atoms with Crippen LogP contribution in [0, 0.1) is 5.92 Å². The van der Waals surface area contributed by atoms with Crippen LogP contribution in [-0.2, 0) is 24.1 Å². The second-order valence-electron chi connectivity index (χ2n) is 9.59. The van der Waals surface area contributed by atoms with Gasteiger partial charge in [-0.1, -0.05) is 29.8 Å². The predicted octanol–water partition coefficient (Wildman–Crippen LogP) is 6.24. The number of carbonyl (C=O) groups excluding carboxylic acids is 1. The van der Waals surface area contributed by atoms with E-state index < -0.39 is 23.9 Å². The molecule has 1 saturated heterocycles. The van der Waals surface area contributed by atoms with Crippen LogP contribution in [0.4, 0.5) is 23.7 Å². The summed E-state index contributed by atoms with van der Waals surface area (Å²) in [5, 5.41) is 12.6. The van der Waals surface area contributed by atoms with Crippen LogP contribution in [0.15, 0.2) is 42.5 Å². The fourth-order valence-corrected chi connectivity index (χ4v) is 4.80. The van der Waals surface area contributed by atoms with E-state index in [1.54, 1.807) is 12.1 Å². The standard InChI is InChI=1S/C26H29ClF3N3O3/c27-22-13-21(31-24(34)23-3-1-2-12-33(23)25(35)36)11-8-19(22)16-32(14-17-4-5-17)15-18-6-9-20(10-7-18)26(28,29)30/h6-11,13,17,23H,1-5,12,14-16H2,(H,31,34)(H,35,36)/t23-/m1/s1. The number of hydrogen-bond donors (Lipinski definition) is 2. The summed E-state index contributed by atoms with van der Waals surface area (Å²) in [6, 6.07) is 9.70. The highest BCUT2D eigenvalue weighted by molar-refractivity contribution is 6.31. The van der Waals surface area contributed by atoms with Gasteiger partial charge in [0, 0.05) is 36.9 Å². The largest absolute Gasteiger partial charge is 0.465 e. The molecule has 2 N–H and O–H groups in total. The molecule has 1 aliphatic carbocycles. The second kappa shape index (κ2) is 11.1. The molecule has 0 unspecified atom stereocenters. The van der Waals surface area contributed by atoms with Crippen molar-refractivity contribution in [2.75, 3.05) is 18.4 Å². The summed E-state index contributed by atoms with van der Waals surface area (Å²) in [4.78, 5) is 27.5. The Balaban J connectivity index is 1.41. The molecular formula is C26H29ClF3N3O3. The van der Waals surface area contributed by atoms with Gasteiger partial charge in [0.25, 0.3) is 0 Å². The number of carbonyl (C=O) groups is 2. The van der Waals surface area contributed by atoms with Crippen molar-refractivity contribution in [2.45, 2.75) is 57.4 Å². The summed E-state index contributed by atoms with van der Waals surface area (Å²) >= 11 is 6.54. The number of alkyl halides is 3. The first-order valence-electron chi connectivity index (χ1n) is 12.1. The number of anilines is 1. The van der Waals surface area contributed by atoms with E-state index in [0.29, 0.717) is 42.7 Å². The lowest BCUT2D eigenvalue weighted by atomic mass is 10.0. The van der Waals surface area contributed by atoms with Crippen molar-refractivity contribution >= 4 is 29.3 Å². The molecule has 1 atom stereocenters. The van der Waals surface area contributed by atoms with E-state index in [0.717, 1.165) is 55.5 Å². The first-order valence-corrected chi connectivity index (χ1v) is 12.5. The van der Waals surface area contributed by atoms with Crippen molar-refractivity contribution in [3.63, 3.8) is 0 Å². The van der Waals surface area contributed by atoms with Gasteiger partial charge in [0.2, 0.25) is 5.91 Å². The van der Waals surface area contributed by atoms with Gasteiger partial charge in [0.1, 0.15) is 6.04 Å². The van der Waals surface area contributed by atoms with E-state index >= 15 is 0 Å². The molecule has 0 bridgehead atoms. The lowest BCUT2D eigenvalue weighted by molar-refractivity contribution is -0.137. The normalized spacial score (nSPS) is 18.4. The van der Waals surface area contributed by atoms with Crippen molar-refractivity contribution in [1.82, 2.24) is 9.80 Å². The Hall–Kier alpha value is -2.78. The molecule has 194 valence electrons. The van der Waals surface area contributed by atoms with E-state index in [2.05, 4.69) is 10.2 Å². The number of likely N-dealkylation sites (tertiary alicyclic amines) is 1. The monoisotopic (exact) mass is 523 g/mol. The molecule has 1 heterocycles. The number of nitrogens with one attached hydrogen (secondary N) is 1. The summed E-state index contributed by atoms with van der Waals surface area (Å²) in [5.41, 5.74) is 1.45. The smallest absolute Gasteiger partial charge is 0.416 e. The second-order valence-corrected chi connectivity index (χ2v) is 10.00. The van der Waals surface area contributed by atoms with Crippen molar-refractivity contribution < 1.29 is 27.9 Å². The number of nitrogens with zero attached hydrogens (tertiary/aromatic N) is 2. The maximum Gasteiger partial charge on any atom is 0.416 e. The highest BCUT2D eigenvalue weighted by atomic mass is 35.5. The molecule has 0 aromatic heterocycles. The molecule has 36 heavy (non-hydrogen) atoms. The Morgan fingerprint density at radius 3 is 2.39 bits per heavy atom. The zero-order valence-corrected chi connectivity index (χ0v) is 20.5. The number of rotatable bonds is 8. The minimum atomic E-state index is -4.36. The molecule has 2 amide bonds. The molecule has 0 spiro atoms. The van der Waals surface area contributed by atoms with Gasteiger partial charge in [-0.3, -0.25) is 14.6 Å². The van der Waals surface area contributed by atoms with Crippen LogP contribution >= 0.6 is 11.6 Å². The third-order valence-electron chi connectivity index (χ3n) is 6.67. The molecule has 1 aliphatic heterocycles. The summed E-state index contributed by atoms with van der Waals surface area (Å²) in [6.45, 7) is 2.17. The van der Waals surface area contributed by atoms with Crippen molar-refractivity contribution in [3.05, 3.63) is 64.2 Å². The molecule has 10 heteroatoms. The fraction of sp³-hybridized carbons (Fsp3) is 0.462. The number of amides is 2. The van der Waals surface area contributed by atoms with Gasteiger partial charge in [-0.25, -0.2) is 4.79 Å². The number of halogens is 4. The van der Waals surface area contributed by atoms with Crippen molar-refractivity contribution in [2.24, 2.45) is 5.92 Å². The summed E-state index contributed by atoms with van der Waals surface area (Å²) < 4.78 is 38.7. The minimum Gasteiger partial charge on any atom is -0.465 e. The molecule has 2 fully saturated rings. The van der Waals surface area contributed by atoms with Crippen LogP contribution in [0.5, 0.6) is 0 Å². The van der Waals surface area contributed by atoms with Crippen LogP contribution in [0.2, 0.25) is 5.02 Å². The Morgan fingerprint density at radius 2 is 1.78 bits per heavy atom. The van der Waals surface area contributed by atoms with Crippen molar-refractivity contribution in [1.29, 1.82) is 0 Å². The summed E-state index contributed by atoms with van der Waals surface area (Å²) in [6.07, 6.45) is -1.19. The Morgan fingerprint density at radius 1 is 1.06 bits per heavy atom. The van der Waals surface area contributed by atoms with Gasteiger partial charge in [-0.15, -0.1) is 0 Å². The highest BCUT2D eigenvalue weighted by Gasteiger charge is 2.32. The number of benzene rings is 2. The predicted molar refractivity (Wildman–Crippen MR) is 131 cm³/mol. The average Bonchev–Trinajstić information content (AvgIpc) is 3.64. The van der Waals surface area contributed by atoms with Crippen LogP contribution in [-0.4, -0.2) is 46.0 Å². The van der Waals surface area contributed by atoms with E-state index in [1.165, 1.54) is 17.0 Å². The number of piperidine rings is 1. The molecule has 2 aromatic carbocycles. The van der Waals surface area contributed by atoms with E-state index in [9.17, 15) is 27.9 Å². The minimum absolute atomic E-state index is 0.336. The quantitative estimate of drug-likeness (QED) is 0.429. The van der Waals surface area contributed by atoms with E-state index in [1.807, 2.05) is 6.07 Å². The van der Waals surface area contributed by atoms with Gasteiger partial charge in [-0.2, -0.15) is 13.2 Å². The van der Waals surface area contributed by atoms with Gasteiger partial charge in [-0.05, 0) is 73.4 Å². The fourth-order valence-electron chi connectivity index (χ4n) is 4.56. The zero-order valence-electron chi connectivity index (χ0n) is 19.7. The van der Waals surface area contributed by atoms with E-state index in [-0.39, 0.29) is 5.91 Å². The maximum atomic E-state index is 12.9. The Bertz CT molecular complexity index is 1090. The summed E-state index contributed by atoms with van der Waals surface area (Å²) in [7, 11) is 0. The van der Waals surface area contributed by atoms with Gasteiger partial charge in [0.15, 0.2) is 0 Å². The van der Waals surface area contributed by atoms with Crippen LogP contribution < -0.4 is 5.32 Å².